The molecule has 0 bridgehead atoms. The summed E-state index contributed by atoms with van der Waals surface area (Å²) in [4.78, 5) is 2.29. The highest BCUT2D eigenvalue weighted by molar-refractivity contribution is 5.21. The molecule has 100 valence electrons. The highest BCUT2D eigenvalue weighted by Gasteiger charge is 2.28. The third kappa shape index (κ3) is 3.07. The normalized spacial score (nSPS) is 27.1. The van der Waals surface area contributed by atoms with E-state index in [2.05, 4.69) is 18.7 Å². The standard InChI is InChI=1S/C14H21FN2O/c1-10-8-17(9-11(2)18-10)14(7-16)12-4-3-5-13(15)6-12/h3-6,10-11,14H,7-9,16H2,1-2H3/t10-,11+,14-/m1/s1. The number of hydrogen-bond acceptors (Lipinski definition) is 3. The van der Waals surface area contributed by atoms with E-state index in [1.165, 1.54) is 6.07 Å². The second kappa shape index (κ2) is 5.78. The van der Waals surface area contributed by atoms with Crippen LogP contribution in [0.5, 0.6) is 0 Å². The lowest BCUT2D eigenvalue weighted by atomic mass is 10.0. The summed E-state index contributed by atoms with van der Waals surface area (Å²) in [5.41, 5.74) is 6.82. The Balaban J connectivity index is 2.17. The maximum Gasteiger partial charge on any atom is 0.123 e. The Hall–Kier alpha value is -0.970. The van der Waals surface area contributed by atoms with Crippen LogP contribution in [0.3, 0.4) is 0 Å². The van der Waals surface area contributed by atoms with E-state index in [0.29, 0.717) is 6.54 Å². The molecule has 1 saturated heterocycles. The molecule has 0 aliphatic carbocycles. The zero-order valence-electron chi connectivity index (χ0n) is 11.0. The molecule has 18 heavy (non-hydrogen) atoms. The summed E-state index contributed by atoms with van der Waals surface area (Å²) >= 11 is 0. The van der Waals surface area contributed by atoms with Gasteiger partial charge >= 0.3 is 0 Å². The van der Waals surface area contributed by atoms with Gasteiger partial charge in [0.25, 0.3) is 0 Å². The first-order chi connectivity index (χ1) is 8.60. The number of hydrogen-bond donors (Lipinski definition) is 1. The summed E-state index contributed by atoms with van der Waals surface area (Å²) in [5, 5.41) is 0. The van der Waals surface area contributed by atoms with Gasteiger partial charge in [-0.25, -0.2) is 4.39 Å². The number of halogens is 1. The lowest BCUT2D eigenvalue weighted by Gasteiger charge is -2.40. The van der Waals surface area contributed by atoms with Gasteiger partial charge in [-0.3, -0.25) is 4.90 Å². The van der Waals surface area contributed by atoms with Crippen LogP contribution in [0, 0.1) is 5.82 Å². The average molecular weight is 252 g/mol. The largest absolute Gasteiger partial charge is 0.373 e. The predicted octanol–water partition coefficient (Wildman–Crippen LogP) is 1.93. The predicted molar refractivity (Wildman–Crippen MR) is 69.8 cm³/mol. The third-order valence-electron chi connectivity index (χ3n) is 3.35. The molecule has 3 nitrogen and oxygen atoms in total. The molecular weight excluding hydrogens is 231 g/mol. The molecule has 0 saturated carbocycles. The van der Waals surface area contributed by atoms with Crippen molar-refractivity contribution in [2.45, 2.75) is 32.1 Å². The van der Waals surface area contributed by atoms with Gasteiger partial charge < -0.3 is 10.5 Å². The highest BCUT2D eigenvalue weighted by atomic mass is 19.1. The van der Waals surface area contributed by atoms with Gasteiger partial charge in [-0.2, -0.15) is 0 Å². The Morgan fingerprint density at radius 3 is 2.61 bits per heavy atom. The maximum atomic E-state index is 13.3. The van der Waals surface area contributed by atoms with Crippen LogP contribution in [-0.4, -0.2) is 36.7 Å². The molecule has 1 aliphatic rings. The number of rotatable bonds is 3. The summed E-state index contributed by atoms with van der Waals surface area (Å²) in [6.45, 7) is 6.28. The molecule has 0 aromatic heterocycles. The van der Waals surface area contributed by atoms with Crippen molar-refractivity contribution in [1.82, 2.24) is 4.90 Å². The van der Waals surface area contributed by atoms with Crippen LogP contribution in [0.4, 0.5) is 4.39 Å². The first-order valence-electron chi connectivity index (χ1n) is 6.45. The van der Waals surface area contributed by atoms with Gasteiger partial charge in [0.2, 0.25) is 0 Å². The third-order valence-corrected chi connectivity index (χ3v) is 3.35. The number of morpholine rings is 1. The molecule has 1 heterocycles. The molecule has 0 radical (unpaired) electrons. The minimum absolute atomic E-state index is 0.0644. The molecule has 1 aromatic carbocycles. The SMILES string of the molecule is C[C@@H]1CN([C@H](CN)c2cccc(F)c2)C[C@H](C)O1. The number of nitrogens with zero attached hydrogens (tertiary/aromatic N) is 1. The van der Waals surface area contributed by atoms with Gasteiger partial charge in [0, 0.05) is 25.7 Å². The molecule has 2 rings (SSSR count). The van der Waals surface area contributed by atoms with Crippen molar-refractivity contribution in [1.29, 1.82) is 0 Å². The Labute approximate surface area is 108 Å². The lowest BCUT2D eigenvalue weighted by molar-refractivity contribution is -0.0799. The first-order valence-corrected chi connectivity index (χ1v) is 6.45. The van der Waals surface area contributed by atoms with Crippen LogP contribution in [-0.2, 0) is 4.74 Å². The molecule has 4 heteroatoms. The molecule has 1 aliphatic heterocycles. The fourth-order valence-electron chi connectivity index (χ4n) is 2.68. The molecule has 0 unspecified atom stereocenters. The van der Waals surface area contributed by atoms with Crippen molar-refractivity contribution < 1.29 is 9.13 Å². The first kappa shape index (κ1) is 13.5. The minimum Gasteiger partial charge on any atom is -0.373 e. The summed E-state index contributed by atoms with van der Waals surface area (Å²) in [6.07, 6.45) is 0.382. The van der Waals surface area contributed by atoms with E-state index in [1.54, 1.807) is 12.1 Å². The Bertz CT molecular complexity index is 389. The fourth-order valence-corrected chi connectivity index (χ4v) is 2.68. The maximum absolute atomic E-state index is 13.3. The zero-order valence-corrected chi connectivity index (χ0v) is 11.0. The molecule has 0 spiro atoms. The number of benzene rings is 1. The van der Waals surface area contributed by atoms with Crippen LogP contribution >= 0.6 is 0 Å². The summed E-state index contributed by atoms with van der Waals surface area (Å²) < 4.78 is 19.0. The van der Waals surface area contributed by atoms with E-state index in [0.717, 1.165) is 18.7 Å². The van der Waals surface area contributed by atoms with Crippen LogP contribution in [0.2, 0.25) is 0 Å². The monoisotopic (exact) mass is 252 g/mol. The fraction of sp³-hybridized carbons (Fsp3) is 0.571. The van der Waals surface area contributed by atoms with Crippen molar-refractivity contribution in [2.24, 2.45) is 5.73 Å². The van der Waals surface area contributed by atoms with Gasteiger partial charge in [0.15, 0.2) is 0 Å². The van der Waals surface area contributed by atoms with Crippen LogP contribution in [0.1, 0.15) is 25.5 Å². The average Bonchev–Trinajstić information content (AvgIpc) is 2.28. The van der Waals surface area contributed by atoms with Gasteiger partial charge in [-0.15, -0.1) is 0 Å². The zero-order chi connectivity index (χ0) is 13.1. The Morgan fingerprint density at radius 2 is 2.06 bits per heavy atom. The van der Waals surface area contributed by atoms with Gasteiger partial charge in [-0.1, -0.05) is 12.1 Å². The summed E-state index contributed by atoms with van der Waals surface area (Å²) in [5.74, 6) is -0.208. The summed E-state index contributed by atoms with van der Waals surface area (Å²) in [6, 6.07) is 6.77. The second-order valence-corrected chi connectivity index (χ2v) is 5.02. The van der Waals surface area contributed by atoms with Crippen LogP contribution in [0.15, 0.2) is 24.3 Å². The quantitative estimate of drug-likeness (QED) is 0.893. The molecule has 0 amide bonds. The van der Waals surface area contributed by atoms with Crippen LogP contribution < -0.4 is 5.73 Å². The number of nitrogens with two attached hydrogens (primary N) is 1. The lowest BCUT2D eigenvalue weighted by Crippen LogP contribution is -2.48. The molecule has 3 atom stereocenters. The van der Waals surface area contributed by atoms with Crippen molar-refractivity contribution in [3.63, 3.8) is 0 Å². The van der Waals surface area contributed by atoms with Gasteiger partial charge in [-0.05, 0) is 31.5 Å². The van der Waals surface area contributed by atoms with E-state index in [1.807, 2.05) is 6.07 Å². The van der Waals surface area contributed by atoms with Crippen molar-refractivity contribution in [2.75, 3.05) is 19.6 Å². The number of ether oxygens (including phenoxy) is 1. The van der Waals surface area contributed by atoms with E-state index in [4.69, 9.17) is 10.5 Å². The van der Waals surface area contributed by atoms with Gasteiger partial charge in [0.1, 0.15) is 5.82 Å². The van der Waals surface area contributed by atoms with E-state index < -0.39 is 0 Å². The minimum atomic E-state index is -0.208. The Kier molecular flexibility index (Phi) is 4.32. The van der Waals surface area contributed by atoms with E-state index >= 15 is 0 Å². The van der Waals surface area contributed by atoms with Crippen LogP contribution in [0.25, 0.3) is 0 Å². The molecular formula is C14H21FN2O. The molecule has 1 aromatic rings. The van der Waals surface area contributed by atoms with Crippen molar-refractivity contribution in [3.8, 4) is 0 Å². The molecule has 1 fully saturated rings. The molecule has 2 N–H and O–H groups in total. The second-order valence-electron chi connectivity index (χ2n) is 5.02. The smallest absolute Gasteiger partial charge is 0.123 e. The Morgan fingerprint density at radius 1 is 1.39 bits per heavy atom. The van der Waals surface area contributed by atoms with E-state index in [9.17, 15) is 4.39 Å². The van der Waals surface area contributed by atoms with E-state index in [-0.39, 0.29) is 24.1 Å². The summed E-state index contributed by atoms with van der Waals surface area (Å²) in [7, 11) is 0. The van der Waals surface area contributed by atoms with Crippen molar-refractivity contribution in [3.05, 3.63) is 35.6 Å². The van der Waals surface area contributed by atoms with Crippen molar-refractivity contribution >= 4 is 0 Å². The van der Waals surface area contributed by atoms with Gasteiger partial charge in [0.05, 0.1) is 12.2 Å². The topological polar surface area (TPSA) is 38.5 Å². The highest BCUT2D eigenvalue weighted by Crippen LogP contribution is 2.24.